The van der Waals surface area contributed by atoms with Gasteiger partial charge >= 0.3 is 0 Å². The van der Waals surface area contributed by atoms with Crippen LogP contribution in [0.15, 0.2) is 18.2 Å². The van der Waals surface area contributed by atoms with Crippen LogP contribution in [0.1, 0.15) is 30.1 Å². The van der Waals surface area contributed by atoms with Gasteiger partial charge in [-0.05, 0) is 30.4 Å². The van der Waals surface area contributed by atoms with E-state index in [-0.39, 0.29) is 11.3 Å². The molecule has 0 atom stereocenters. The Morgan fingerprint density at radius 3 is 2.80 bits per heavy atom. The average Bonchev–Trinajstić information content (AvgIpc) is 2.45. The molecule has 2 rings (SSSR count). The fourth-order valence-corrected chi connectivity index (χ4v) is 2.38. The molecular weight excluding hydrogens is 256 g/mol. The van der Waals surface area contributed by atoms with Crippen LogP contribution < -0.4 is 15.8 Å². The molecule has 0 aliphatic carbocycles. The minimum atomic E-state index is -0.187. The molecule has 1 aliphatic rings. The fourth-order valence-electron chi connectivity index (χ4n) is 2.38. The number of nitrogens with one attached hydrogen (secondary N) is 1. The van der Waals surface area contributed by atoms with Crippen molar-refractivity contribution in [2.45, 2.75) is 19.8 Å². The molecule has 0 aromatic heterocycles. The Kier molecular flexibility index (Phi) is 4.49. The zero-order valence-electron chi connectivity index (χ0n) is 12.1. The maximum atomic E-state index is 12.3. The summed E-state index contributed by atoms with van der Waals surface area (Å²) >= 11 is 0. The van der Waals surface area contributed by atoms with Crippen molar-refractivity contribution >= 4 is 11.6 Å². The normalized spacial score (nSPS) is 17.5. The van der Waals surface area contributed by atoms with Crippen molar-refractivity contribution < 1.29 is 14.3 Å². The lowest BCUT2D eigenvalue weighted by atomic mass is 9.82. The Hall–Kier alpha value is -1.75. The maximum absolute atomic E-state index is 12.3. The Morgan fingerprint density at radius 1 is 1.45 bits per heavy atom. The van der Waals surface area contributed by atoms with E-state index in [9.17, 15) is 4.79 Å². The number of amides is 1. The maximum Gasteiger partial charge on any atom is 0.257 e. The van der Waals surface area contributed by atoms with Gasteiger partial charge in [0.15, 0.2) is 0 Å². The molecule has 1 heterocycles. The number of ether oxygens (including phenoxy) is 2. The first-order chi connectivity index (χ1) is 9.56. The van der Waals surface area contributed by atoms with E-state index < -0.39 is 0 Å². The largest absolute Gasteiger partial charge is 0.496 e. The van der Waals surface area contributed by atoms with Crippen LogP contribution in [0.5, 0.6) is 5.75 Å². The summed E-state index contributed by atoms with van der Waals surface area (Å²) < 4.78 is 10.6. The average molecular weight is 278 g/mol. The van der Waals surface area contributed by atoms with E-state index in [2.05, 4.69) is 12.2 Å². The topological polar surface area (TPSA) is 73.6 Å². The minimum Gasteiger partial charge on any atom is -0.496 e. The van der Waals surface area contributed by atoms with E-state index in [0.717, 1.165) is 26.1 Å². The van der Waals surface area contributed by atoms with E-state index in [1.807, 2.05) is 0 Å². The lowest BCUT2D eigenvalue weighted by Crippen LogP contribution is -2.39. The minimum absolute atomic E-state index is 0.0880. The highest BCUT2D eigenvalue weighted by Gasteiger charge is 2.28. The monoisotopic (exact) mass is 278 g/mol. The number of nitrogen functional groups attached to an aromatic ring is 1. The Labute approximate surface area is 119 Å². The second kappa shape index (κ2) is 6.13. The van der Waals surface area contributed by atoms with E-state index in [1.54, 1.807) is 18.2 Å². The number of methoxy groups -OCH3 is 1. The molecule has 0 radical (unpaired) electrons. The zero-order valence-corrected chi connectivity index (χ0v) is 12.1. The summed E-state index contributed by atoms with van der Waals surface area (Å²) in [4.78, 5) is 12.3. The number of carbonyl (C=O) groups is 1. The first-order valence-electron chi connectivity index (χ1n) is 6.84. The number of carbonyl (C=O) groups excluding carboxylic acids is 1. The predicted octanol–water partition coefficient (Wildman–Crippen LogP) is 1.82. The molecule has 0 bridgehead atoms. The van der Waals surface area contributed by atoms with Gasteiger partial charge in [0.2, 0.25) is 0 Å². The van der Waals surface area contributed by atoms with Crippen LogP contribution in [0, 0.1) is 5.41 Å². The number of rotatable bonds is 4. The molecule has 1 amide bonds. The number of benzene rings is 1. The van der Waals surface area contributed by atoms with Gasteiger partial charge in [0.25, 0.3) is 5.91 Å². The smallest absolute Gasteiger partial charge is 0.257 e. The van der Waals surface area contributed by atoms with Crippen LogP contribution >= 0.6 is 0 Å². The van der Waals surface area contributed by atoms with Crippen molar-refractivity contribution in [1.82, 2.24) is 5.32 Å². The van der Waals surface area contributed by atoms with Crippen molar-refractivity contribution in [2.24, 2.45) is 5.41 Å². The molecule has 5 nitrogen and oxygen atoms in total. The van der Waals surface area contributed by atoms with Gasteiger partial charge in [-0.3, -0.25) is 4.79 Å². The predicted molar refractivity (Wildman–Crippen MR) is 77.9 cm³/mol. The molecule has 110 valence electrons. The SMILES string of the molecule is COc1cccc(N)c1C(=O)NCC1(C)CCOCC1. The molecule has 0 unspecified atom stereocenters. The molecule has 5 heteroatoms. The molecule has 1 aromatic carbocycles. The van der Waals surface area contributed by atoms with Crippen molar-refractivity contribution in [3.8, 4) is 5.75 Å². The van der Waals surface area contributed by atoms with E-state index in [4.69, 9.17) is 15.2 Å². The van der Waals surface area contributed by atoms with Crippen molar-refractivity contribution in [3.05, 3.63) is 23.8 Å². The molecule has 0 saturated carbocycles. The summed E-state index contributed by atoms with van der Waals surface area (Å²) in [7, 11) is 1.53. The molecular formula is C15H22N2O3. The summed E-state index contributed by atoms with van der Waals surface area (Å²) in [6.45, 7) is 4.29. The Bertz CT molecular complexity index is 482. The molecule has 1 aromatic rings. The lowest BCUT2D eigenvalue weighted by molar-refractivity contribution is 0.0238. The summed E-state index contributed by atoms with van der Waals surface area (Å²) in [5, 5.41) is 2.97. The van der Waals surface area contributed by atoms with Crippen LogP contribution in [-0.4, -0.2) is 32.8 Å². The second-order valence-electron chi connectivity index (χ2n) is 5.53. The van der Waals surface area contributed by atoms with Gasteiger partial charge < -0.3 is 20.5 Å². The van der Waals surface area contributed by atoms with E-state index >= 15 is 0 Å². The van der Waals surface area contributed by atoms with Crippen molar-refractivity contribution in [3.63, 3.8) is 0 Å². The molecule has 20 heavy (non-hydrogen) atoms. The fraction of sp³-hybridized carbons (Fsp3) is 0.533. The van der Waals surface area contributed by atoms with Gasteiger partial charge in [-0.25, -0.2) is 0 Å². The number of hydrogen-bond acceptors (Lipinski definition) is 4. The molecule has 1 fully saturated rings. The highest BCUT2D eigenvalue weighted by atomic mass is 16.5. The van der Waals surface area contributed by atoms with Crippen LogP contribution in [0.25, 0.3) is 0 Å². The summed E-state index contributed by atoms with van der Waals surface area (Å²) in [5.41, 5.74) is 6.80. The Balaban J connectivity index is 2.05. The number of hydrogen-bond donors (Lipinski definition) is 2. The van der Waals surface area contributed by atoms with Crippen LogP contribution in [0.3, 0.4) is 0 Å². The first-order valence-corrected chi connectivity index (χ1v) is 6.84. The van der Waals surface area contributed by atoms with Gasteiger partial charge in [-0.15, -0.1) is 0 Å². The molecule has 3 N–H and O–H groups in total. The van der Waals surface area contributed by atoms with E-state index in [0.29, 0.717) is 23.5 Å². The lowest BCUT2D eigenvalue weighted by Gasteiger charge is -2.33. The third-order valence-corrected chi connectivity index (χ3v) is 3.88. The van der Waals surface area contributed by atoms with Gasteiger partial charge in [0.1, 0.15) is 11.3 Å². The highest BCUT2D eigenvalue weighted by Crippen LogP contribution is 2.29. The van der Waals surface area contributed by atoms with Gasteiger partial charge in [0, 0.05) is 25.4 Å². The quantitative estimate of drug-likeness (QED) is 0.824. The third-order valence-electron chi connectivity index (χ3n) is 3.88. The molecule has 1 saturated heterocycles. The summed E-state index contributed by atoms with van der Waals surface area (Å²) in [6, 6.07) is 5.21. The van der Waals surface area contributed by atoms with Gasteiger partial charge in [-0.2, -0.15) is 0 Å². The Morgan fingerprint density at radius 2 is 2.15 bits per heavy atom. The highest BCUT2D eigenvalue weighted by molar-refractivity contribution is 6.01. The van der Waals surface area contributed by atoms with Crippen molar-refractivity contribution in [1.29, 1.82) is 0 Å². The first kappa shape index (κ1) is 14.7. The number of nitrogens with two attached hydrogens (primary N) is 1. The zero-order chi connectivity index (χ0) is 14.6. The number of anilines is 1. The van der Waals surface area contributed by atoms with Crippen LogP contribution in [0.4, 0.5) is 5.69 Å². The second-order valence-corrected chi connectivity index (χ2v) is 5.53. The summed E-state index contributed by atoms with van der Waals surface area (Å²) in [5.74, 6) is 0.312. The molecule has 0 spiro atoms. The summed E-state index contributed by atoms with van der Waals surface area (Å²) in [6.07, 6.45) is 1.91. The third kappa shape index (κ3) is 3.22. The van der Waals surface area contributed by atoms with E-state index in [1.165, 1.54) is 7.11 Å². The van der Waals surface area contributed by atoms with Crippen molar-refractivity contribution in [2.75, 3.05) is 32.6 Å². The standard InChI is InChI=1S/C15H22N2O3/c1-15(6-8-20-9-7-15)10-17-14(18)13-11(16)4-3-5-12(13)19-2/h3-5H,6-10,16H2,1-2H3,(H,17,18). The van der Waals surface area contributed by atoms with Gasteiger partial charge in [0.05, 0.1) is 7.11 Å². The van der Waals surface area contributed by atoms with Crippen LogP contribution in [0.2, 0.25) is 0 Å². The van der Waals surface area contributed by atoms with Gasteiger partial charge in [-0.1, -0.05) is 13.0 Å². The van der Waals surface area contributed by atoms with Crippen LogP contribution in [-0.2, 0) is 4.74 Å². The molecule has 1 aliphatic heterocycles.